The summed E-state index contributed by atoms with van der Waals surface area (Å²) in [7, 11) is -5.50. The Morgan fingerprint density at radius 1 is 1.26 bits per heavy atom. The van der Waals surface area contributed by atoms with Gasteiger partial charge in [0.25, 0.3) is 0 Å². The molecule has 1 fully saturated rings. The van der Waals surface area contributed by atoms with Gasteiger partial charge in [-0.25, -0.2) is 21.6 Å². The average molecular weight is 362 g/mol. The van der Waals surface area contributed by atoms with E-state index in [1.165, 1.54) is 17.5 Å². The van der Waals surface area contributed by atoms with E-state index >= 15 is 0 Å². The van der Waals surface area contributed by atoms with Crippen LogP contribution in [0.4, 0.5) is 0 Å². The molecular weight excluding hydrogens is 340 g/mol. The molecule has 2 rings (SSSR count). The molecule has 1 saturated carbocycles. The number of rotatable bonds is 8. The minimum absolute atomic E-state index is 0.0113. The molecule has 23 heavy (non-hydrogen) atoms. The lowest BCUT2D eigenvalue weighted by molar-refractivity contribution is 0.409. The van der Waals surface area contributed by atoms with E-state index in [0.717, 1.165) is 19.1 Å². The van der Waals surface area contributed by atoms with Crippen LogP contribution in [0.25, 0.3) is 0 Å². The highest BCUT2D eigenvalue weighted by molar-refractivity contribution is 7.89. The van der Waals surface area contributed by atoms with Gasteiger partial charge in [-0.05, 0) is 43.5 Å². The van der Waals surface area contributed by atoms with Gasteiger partial charge >= 0.3 is 0 Å². The summed E-state index contributed by atoms with van der Waals surface area (Å²) in [4.78, 5) is 0.163. The third kappa shape index (κ3) is 4.66. The van der Waals surface area contributed by atoms with E-state index in [0.29, 0.717) is 11.3 Å². The van der Waals surface area contributed by atoms with Crippen LogP contribution in [0.15, 0.2) is 23.1 Å². The number of benzene rings is 1. The third-order valence-electron chi connectivity index (χ3n) is 3.68. The standard InChI is InChI=1S/C14H22N2O5S2/c1-11-10-13(21-2)6-7-14(11)23(19,20)15-8-9-16(12-4-5-12)22(3,17)18/h6-7,10,12,15H,4-5,8-9H2,1-3H3. The average Bonchev–Trinajstić information content (AvgIpc) is 3.26. The van der Waals surface area contributed by atoms with Crippen LogP contribution in [0.3, 0.4) is 0 Å². The van der Waals surface area contributed by atoms with Crippen molar-refractivity contribution < 1.29 is 21.6 Å². The first kappa shape index (κ1) is 18.2. The van der Waals surface area contributed by atoms with Gasteiger partial charge in [-0.1, -0.05) is 0 Å². The van der Waals surface area contributed by atoms with E-state index in [2.05, 4.69) is 4.72 Å². The van der Waals surface area contributed by atoms with Crippen LogP contribution in [0, 0.1) is 6.92 Å². The molecule has 1 aliphatic carbocycles. The maximum atomic E-state index is 12.3. The van der Waals surface area contributed by atoms with Crippen LogP contribution in [0.2, 0.25) is 0 Å². The lowest BCUT2D eigenvalue weighted by atomic mass is 10.2. The summed E-state index contributed by atoms with van der Waals surface area (Å²) < 4.78 is 57.0. The topological polar surface area (TPSA) is 92.8 Å². The number of nitrogens with zero attached hydrogens (tertiary/aromatic N) is 1. The first-order chi connectivity index (χ1) is 10.6. The van der Waals surface area contributed by atoms with Crippen LogP contribution in [-0.2, 0) is 20.0 Å². The van der Waals surface area contributed by atoms with Gasteiger partial charge in [-0.15, -0.1) is 0 Å². The quantitative estimate of drug-likeness (QED) is 0.735. The number of hydrogen-bond acceptors (Lipinski definition) is 5. The fourth-order valence-electron chi connectivity index (χ4n) is 2.40. The highest BCUT2D eigenvalue weighted by atomic mass is 32.2. The summed E-state index contributed by atoms with van der Waals surface area (Å²) >= 11 is 0. The Balaban J connectivity index is 2.04. The lowest BCUT2D eigenvalue weighted by Gasteiger charge is -2.19. The summed E-state index contributed by atoms with van der Waals surface area (Å²) in [6, 6.07) is 4.71. The van der Waals surface area contributed by atoms with Gasteiger partial charge < -0.3 is 4.74 Å². The van der Waals surface area contributed by atoms with Crippen molar-refractivity contribution >= 4 is 20.0 Å². The molecule has 1 N–H and O–H groups in total. The molecule has 1 aromatic carbocycles. The maximum Gasteiger partial charge on any atom is 0.240 e. The van der Waals surface area contributed by atoms with Crippen molar-refractivity contribution in [3.8, 4) is 5.75 Å². The second-order valence-corrected chi connectivity index (χ2v) is 9.30. The van der Waals surface area contributed by atoms with Crippen molar-refractivity contribution in [3.63, 3.8) is 0 Å². The summed E-state index contributed by atoms with van der Waals surface area (Å²) in [5.41, 5.74) is 0.569. The Bertz CT molecular complexity index is 770. The zero-order valence-corrected chi connectivity index (χ0v) is 15.1. The van der Waals surface area contributed by atoms with Crippen molar-refractivity contribution in [2.75, 3.05) is 26.5 Å². The van der Waals surface area contributed by atoms with Crippen molar-refractivity contribution in [1.82, 2.24) is 9.03 Å². The molecule has 1 aromatic rings. The fourth-order valence-corrected chi connectivity index (χ4v) is 4.82. The molecule has 0 amide bonds. The zero-order chi connectivity index (χ0) is 17.3. The van der Waals surface area contributed by atoms with E-state index in [9.17, 15) is 16.8 Å². The first-order valence-corrected chi connectivity index (χ1v) is 10.6. The smallest absolute Gasteiger partial charge is 0.240 e. The van der Waals surface area contributed by atoms with Gasteiger partial charge in [0.2, 0.25) is 20.0 Å². The van der Waals surface area contributed by atoms with Crippen molar-refractivity contribution in [2.24, 2.45) is 0 Å². The predicted octanol–water partition coefficient (Wildman–Crippen LogP) is 0.706. The predicted molar refractivity (Wildman–Crippen MR) is 87.5 cm³/mol. The largest absolute Gasteiger partial charge is 0.497 e. The van der Waals surface area contributed by atoms with E-state index < -0.39 is 20.0 Å². The van der Waals surface area contributed by atoms with Crippen LogP contribution in [-0.4, -0.2) is 53.6 Å². The zero-order valence-electron chi connectivity index (χ0n) is 13.4. The van der Waals surface area contributed by atoms with Crippen molar-refractivity contribution in [1.29, 1.82) is 0 Å². The number of ether oxygens (including phenoxy) is 1. The Hall–Kier alpha value is -1.16. The minimum atomic E-state index is -3.69. The van der Waals surface area contributed by atoms with Gasteiger partial charge in [0.15, 0.2) is 0 Å². The Kier molecular flexibility index (Phi) is 5.34. The molecule has 1 aliphatic rings. The van der Waals surface area contributed by atoms with Gasteiger partial charge in [-0.3, -0.25) is 0 Å². The van der Waals surface area contributed by atoms with Crippen LogP contribution < -0.4 is 9.46 Å². The van der Waals surface area contributed by atoms with Crippen LogP contribution in [0.1, 0.15) is 18.4 Å². The van der Waals surface area contributed by atoms with Gasteiger partial charge in [0, 0.05) is 19.1 Å². The summed E-state index contributed by atoms with van der Waals surface area (Å²) in [6.07, 6.45) is 2.81. The number of nitrogens with one attached hydrogen (secondary N) is 1. The minimum Gasteiger partial charge on any atom is -0.497 e. The second kappa shape index (κ2) is 6.76. The van der Waals surface area contributed by atoms with Crippen LogP contribution in [0.5, 0.6) is 5.75 Å². The Morgan fingerprint density at radius 3 is 2.39 bits per heavy atom. The molecule has 9 heteroatoms. The summed E-state index contributed by atoms with van der Waals surface area (Å²) in [5, 5.41) is 0. The molecule has 0 spiro atoms. The Morgan fingerprint density at radius 2 is 1.91 bits per heavy atom. The fraction of sp³-hybridized carbons (Fsp3) is 0.571. The summed E-state index contributed by atoms with van der Waals surface area (Å²) in [5.74, 6) is 0.582. The van der Waals surface area contributed by atoms with Gasteiger partial charge in [0.1, 0.15) is 5.75 Å². The second-order valence-electron chi connectivity index (χ2n) is 5.63. The molecule has 130 valence electrons. The number of aryl methyl sites for hydroxylation is 1. The van der Waals surface area contributed by atoms with E-state index in [1.807, 2.05) is 0 Å². The molecule has 0 atom stereocenters. The lowest BCUT2D eigenvalue weighted by Crippen LogP contribution is -2.39. The van der Waals surface area contributed by atoms with Crippen molar-refractivity contribution in [3.05, 3.63) is 23.8 Å². The molecular formula is C14H22N2O5S2. The highest BCUT2D eigenvalue weighted by Crippen LogP contribution is 2.28. The molecule has 0 unspecified atom stereocenters. The molecule has 0 aromatic heterocycles. The molecule has 0 bridgehead atoms. The van der Waals surface area contributed by atoms with Gasteiger partial charge in [-0.2, -0.15) is 4.31 Å². The Labute approximate surface area is 137 Å². The molecule has 7 nitrogen and oxygen atoms in total. The van der Waals surface area contributed by atoms with Gasteiger partial charge in [0.05, 0.1) is 18.3 Å². The van der Waals surface area contributed by atoms with E-state index in [4.69, 9.17) is 4.74 Å². The number of methoxy groups -OCH3 is 1. The van der Waals surface area contributed by atoms with Crippen molar-refractivity contribution in [2.45, 2.75) is 30.7 Å². The summed E-state index contributed by atoms with van der Waals surface area (Å²) in [6.45, 7) is 1.86. The number of sulfonamides is 2. The van der Waals surface area contributed by atoms with E-state index in [1.54, 1.807) is 19.1 Å². The molecule has 0 radical (unpaired) electrons. The number of hydrogen-bond donors (Lipinski definition) is 1. The SMILES string of the molecule is COc1ccc(S(=O)(=O)NCCN(C2CC2)S(C)(=O)=O)c(C)c1. The maximum absolute atomic E-state index is 12.3. The van der Waals surface area contributed by atoms with Crippen LogP contribution >= 0.6 is 0 Å². The first-order valence-electron chi connectivity index (χ1n) is 7.26. The van der Waals surface area contributed by atoms with E-state index in [-0.39, 0.29) is 24.0 Å². The molecule has 0 saturated heterocycles. The monoisotopic (exact) mass is 362 g/mol. The molecule has 0 heterocycles. The molecule has 0 aliphatic heterocycles. The normalized spacial score (nSPS) is 15.8. The third-order valence-corrected chi connectivity index (χ3v) is 6.63. The highest BCUT2D eigenvalue weighted by Gasteiger charge is 2.34.